The minimum absolute atomic E-state index is 0.334. The Balaban J connectivity index is 1.58. The molecule has 0 saturated carbocycles. The molecule has 0 aliphatic carbocycles. The molecule has 0 radical (unpaired) electrons. The number of thioether (sulfide) groups is 1. The van der Waals surface area contributed by atoms with Crippen LogP contribution in [0.2, 0.25) is 0 Å². The number of aromatic nitrogens is 1. The van der Waals surface area contributed by atoms with Gasteiger partial charge in [-0.3, -0.25) is 0 Å². The van der Waals surface area contributed by atoms with Gasteiger partial charge in [0.05, 0.1) is 6.54 Å². The van der Waals surface area contributed by atoms with Gasteiger partial charge in [-0.05, 0) is 56.7 Å². The van der Waals surface area contributed by atoms with Crippen molar-refractivity contribution in [1.29, 1.82) is 0 Å². The zero-order valence-corrected chi connectivity index (χ0v) is 18.5. The van der Waals surface area contributed by atoms with Crippen LogP contribution in [0.5, 0.6) is 0 Å². The average Bonchev–Trinajstić information content (AvgIpc) is 3.17. The van der Waals surface area contributed by atoms with Crippen LogP contribution in [0, 0.1) is 0 Å². The lowest BCUT2D eigenvalue weighted by atomic mass is 10.1. The van der Waals surface area contributed by atoms with Crippen molar-refractivity contribution in [2.75, 3.05) is 56.5 Å². The standard InChI is InChI=1S/C21H36N6S/c1-4-22-20(25-17-21(3)8-6-14-28-21)24-16-18-7-9-23-19(15-18)27-12-10-26(5-2)11-13-27/h7,9,15H,4-6,8,10-14,16-17H2,1-3H3,(H2,22,24,25). The number of nitrogens with zero attached hydrogens (tertiary/aromatic N) is 4. The molecule has 7 heteroatoms. The molecule has 28 heavy (non-hydrogen) atoms. The molecule has 0 spiro atoms. The molecule has 1 atom stereocenters. The number of hydrogen-bond donors (Lipinski definition) is 2. The molecule has 0 amide bonds. The number of piperazine rings is 1. The molecule has 2 fully saturated rings. The Morgan fingerprint density at radius 3 is 2.75 bits per heavy atom. The van der Waals surface area contributed by atoms with Gasteiger partial charge in [-0.2, -0.15) is 11.8 Å². The molecular weight excluding hydrogens is 368 g/mol. The number of rotatable bonds is 7. The quantitative estimate of drug-likeness (QED) is 0.538. The zero-order chi connectivity index (χ0) is 19.8. The highest BCUT2D eigenvalue weighted by Gasteiger charge is 2.29. The molecule has 2 aliphatic heterocycles. The Kier molecular flexibility index (Phi) is 7.85. The fraction of sp³-hybridized carbons (Fsp3) is 0.714. The largest absolute Gasteiger partial charge is 0.357 e. The summed E-state index contributed by atoms with van der Waals surface area (Å²) in [5.41, 5.74) is 1.21. The topological polar surface area (TPSA) is 55.8 Å². The minimum atomic E-state index is 0.334. The summed E-state index contributed by atoms with van der Waals surface area (Å²) < 4.78 is 0.334. The first-order valence-corrected chi connectivity index (χ1v) is 11.7. The van der Waals surface area contributed by atoms with Crippen LogP contribution >= 0.6 is 11.8 Å². The predicted molar refractivity (Wildman–Crippen MR) is 121 cm³/mol. The Morgan fingerprint density at radius 1 is 1.25 bits per heavy atom. The van der Waals surface area contributed by atoms with Crippen molar-refractivity contribution >= 4 is 23.5 Å². The molecule has 2 saturated heterocycles. The molecule has 0 bridgehead atoms. The van der Waals surface area contributed by atoms with E-state index in [4.69, 9.17) is 4.99 Å². The lowest BCUT2D eigenvalue weighted by molar-refractivity contribution is 0.270. The van der Waals surface area contributed by atoms with Crippen LogP contribution in [0.1, 0.15) is 39.2 Å². The van der Waals surface area contributed by atoms with Gasteiger partial charge in [0.2, 0.25) is 0 Å². The van der Waals surface area contributed by atoms with E-state index in [1.807, 2.05) is 6.20 Å². The van der Waals surface area contributed by atoms with Crippen molar-refractivity contribution < 1.29 is 0 Å². The van der Waals surface area contributed by atoms with Gasteiger partial charge in [-0.1, -0.05) is 6.92 Å². The van der Waals surface area contributed by atoms with Gasteiger partial charge in [-0.15, -0.1) is 0 Å². The van der Waals surface area contributed by atoms with Crippen molar-refractivity contribution in [3.05, 3.63) is 23.9 Å². The molecule has 1 unspecified atom stereocenters. The van der Waals surface area contributed by atoms with Crippen LogP contribution in [0.4, 0.5) is 5.82 Å². The van der Waals surface area contributed by atoms with Gasteiger partial charge < -0.3 is 20.4 Å². The highest BCUT2D eigenvalue weighted by molar-refractivity contribution is 8.00. The third-order valence-electron chi connectivity index (χ3n) is 5.65. The number of anilines is 1. The molecule has 6 nitrogen and oxygen atoms in total. The zero-order valence-electron chi connectivity index (χ0n) is 17.7. The third kappa shape index (κ3) is 6.01. The number of nitrogens with one attached hydrogen (secondary N) is 2. The molecular formula is C21H36N6S. The van der Waals surface area contributed by atoms with E-state index in [-0.39, 0.29) is 0 Å². The minimum Gasteiger partial charge on any atom is -0.357 e. The van der Waals surface area contributed by atoms with E-state index < -0.39 is 0 Å². The lowest BCUT2D eigenvalue weighted by Crippen LogP contribution is -2.46. The first-order chi connectivity index (χ1) is 13.6. The Hall–Kier alpha value is -1.47. The normalized spacial score (nSPS) is 23.8. The predicted octanol–water partition coefficient (Wildman–Crippen LogP) is 2.56. The van der Waals surface area contributed by atoms with Crippen molar-refractivity contribution in [2.45, 2.75) is 44.9 Å². The van der Waals surface area contributed by atoms with Crippen LogP contribution in [-0.4, -0.2) is 72.2 Å². The maximum absolute atomic E-state index is 4.82. The fourth-order valence-electron chi connectivity index (χ4n) is 3.78. The lowest BCUT2D eigenvalue weighted by Gasteiger charge is -2.34. The monoisotopic (exact) mass is 404 g/mol. The summed E-state index contributed by atoms with van der Waals surface area (Å²) >= 11 is 2.08. The van der Waals surface area contributed by atoms with Crippen LogP contribution in [0.15, 0.2) is 23.3 Å². The van der Waals surface area contributed by atoms with Gasteiger partial charge >= 0.3 is 0 Å². The molecule has 0 aromatic carbocycles. The Labute approximate surface area is 174 Å². The van der Waals surface area contributed by atoms with Gasteiger partial charge in [0.1, 0.15) is 5.82 Å². The van der Waals surface area contributed by atoms with E-state index in [9.17, 15) is 0 Å². The summed E-state index contributed by atoms with van der Waals surface area (Å²) in [6.07, 6.45) is 4.52. The second-order valence-corrected chi connectivity index (χ2v) is 9.58. The average molecular weight is 405 g/mol. The van der Waals surface area contributed by atoms with Gasteiger partial charge in [-0.25, -0.2) is 9.98 Å². The number of pyridine rings is 1. The second-order valence-electron chi connectivity index (χ2n) is 7.89. The molecule has 3 rings (SSSR count). The first kappa shape index (κ1) is 21.2. The highest BCUT2D eigenvalue weighted by Crippen LogP contribution is 2.36. The van der Waals surface area contributed by atoms with Crippen molar-refractivity contribution in [3.8, 4) is 0 Å². The van der Waals surface area contributed by atoms with Crippen molar-refractivity contribution in [1.82, 2.24) is 20.5 Å². The second kappa shape index (κ2) is 10.3. The molecule has 156 valence electrons. The highest BCUT2D eigenvalue weighted by atomic mass is 32.2. The summed E-state index contributed by atoms with van der Waals surface area (Å²) in [5.74, 6) is 3.26. The van der Waals surface area contributed by atoms with E-state index >= 15 is 0 Å². The fourth-order valence-corrected chi connectivity index (χ4v) is 5.03. The molecule has 2 aliphatic rings. The summed E-state index contributed by atoms with van der Waals surface area (Å²) in [5, 5.41) is 6.93. The van der Waals surface area contributed by atoms with Gasteiger partial charge in [0.15, 0.2) is 5.96 Å². The van der Waals surface area contributed by atoms with Gasteiger partial charge in [0.25, 0.3) is 0 Å². The van der Waals surface area contributed by atoms with E-state index in [1.165, 1.54) is 24.2 Å². The van der Waals surface area contributed by atoms with Crippen LogP contribution in [0.25, 0.3) is 0 Å². The Bertz CT molecular complexity index is 636. The maximum atomic E-state index is 4.82. The maximum Gasteiger partial charge on any atom is 0.191 e. The van der Waals surface area contributed by atoms with Crippen LogP contribution in [-0.2, 0) is 6.54 Å². The molecule has 1 aromatic heterocycles. The van der Waals surface area contributed by atoms with Crippen LogP contribution in [0.3, 0.4) is 0 Å². The first-order valence-electron chi connectivity index (χ1n) is 10.7. The summed E-state index contributed by atoms with van der Waals surface area (Å²) in [7, 11) is 0. The van der Waals surface area contributed by atoms with E-state index in [1.54, 1.807) is 0 Å². The van der Waals surface area contributed by atoms with Crippen LogP contribution < -0.4 is 15.5 Å². The van der Waals surface area contributed by atoms with Crippen molar-refractivity contribution in [3.63, 3.8) is 0 Å². The summed E-state index contributed by atoms with van der Waals surface area (Å²) in [6.45, 7) is 14.7. The third-order valence-corrected chi connectivity index (χ3v) is 7.19. The van der Waals surface area contributed by atoms with E-state index in [0.29, 0.717) is 11.3 Å². The number of hydrogen-bond acceptors (Lipinski definition) is 5. The summed E-state index contributed by atoms with van der Waals surface area (Å²) in [6, 6.07) is 4.27. The molecule has 3 heterocycles. The number of aliphatic imine (C=N–C) groups is 1. The smallest absolute Gasteiger partial charge is 0.191 e. The SMILES string of the molecule is CCNC(=NCc1ccnc(N2CCN(CC)CC2)c1)NCC1(C)CCCS1. The summed E-state index contributed by atoms with van der Waals surface area (Å²) in [4.78, 5) is 14.3. The number of guanidine groups is 1. The van der Waals surface area contributed by atoms with E-state index in [0.717, 1.165) is 57.6 Å². The van der Waals surface area contributed by atoms with Crippen molar-refractivity contribution in [2.24, 2.45) is 4.99 Å². The Morgan fingerprint density at radius 2 is 2.07 bits per heavy atom. The van der Waals surface area contributed by atoms with E-state index in [2.05, 4.69) is 70.1 Å². The van der Waals surface area contributed by atoms with Gasteiger partial charge in [0, 0.05) is 50.2 Å². The number of likely N-dealkylation sites (N-methyl/N-ethyl adjacent to an activating group) is 1. The molecule has 2 N–H and O–H groups in total. The molecule has 1 aromatic rings.